The van der Waals surface area contributed by atoms with Crippen LogP contribution in [0.5, 0.6) is 0 Å². The molecule has 0 aliphatic heterocycles. The number of benzene rings is 2. The molecule has 0 aliphatic rings. The summed E-state index contributed by atoms with van der Waals surface area (Å²) in [5.74, 6) is 0. The second-order valence-electron chi connectivity index (χ2n) is 5.33. The number of nitrogens with two attached hydrogens (primary N) is 1. The maximum atomic E-state index is 10.4. The Balaban J connectivity index is 2.11. The molecule has 0 fully saturated rings. The van der Waals surface area contributed by atoms with Crippen LogP contribution in [-0.2, 0) is 0 Å². The predicted octanol–water partition coefficient (Wildman–Crippen LogP) is 1.89. The lowest BCUT2D eigenvalue weighted by Crippen LogP contribution is -2.27. The average molecular weight is 309 g/mol. The van der Waals surface area contributed by atoms with Crippen LogP contribution in [0.15, 0.2) is 66.9 Å². The second-order valence-corrected chi connectivity index (χ2v) is 5.33. The average Bonchev–Trinajstić information content (AvgIpc) is 3.07. The van der Waals surface area contributed by atoms with Crippen LogP contribution in [0.2, 0.25) is 0 Å². The number of aliphatic hydroxyl groups is 2. The van der Waals surface area contributed by atoms with Gasteiger partial charge in [0.25, 0.3) is 0 Å². The third-order valence-corrected chi connectivity index (χ3v) is 3.74. The summed E-state index contributed by atoms with van der Waals surface area (Å²) in [7, 11) is 0. The van der Waals surface area contributed by atoms with Crippen LogP contribution in [0.4, 0.5) is 0 Å². The Bertz CT molecular complexity index is 756. The molecule has 5 nitrogen and oxygen atoms in total. The van der Waals surface area contributed by atoms with Gasteiger partial charge in [0.05, 0.1) is 17.5 Å². The topological polar surface area (TPSA) is 84.3 Å². The molecule has 0 amide bonds. The molecule has 0 aliphatic carbocycles. The molecule has 3 rings (SSSR count). The Morgan fingerprint density at radius 3 is 2.17 bits per heavy atom. The van der Waals surface area contributed by atoms with Gasteiger partial charge in [-0.05, 0) is 12.1 Å². The number of rotatable bonds is 5. The third-order valence-electron chi connectivity index (χ3n) is 3.74. The number of aliphatic hydroxyl groups excluding tert-OH is 2. The highest BCUT2D eigenvalue weighted by atomic mass is 16.3. The van der Waals surface area contributed by atoms with Crippen LogP contribution in [0, 0.1) is 0 Å². The minimum Gasteiger partial charge on any atom is -0.389 e. The van der Waals surface area contributed by atoms with Gasteiger partial charge >= 0.3 is 0 Å². The molecule has 2 unspecified atom stereocenters. The second kappa shape index (κ2) is 6.75. The molecule has 23 heavy (non-hydrogen) atoms. The maximum Gasteiger partial charge on any atom is 0.110 e. The monoisotopic (exact) mass is 309 g/mol. The molecule has 118 valence electrons. The van der Waals surface area contributed by atoms with E-state index in [2.05, 4.69) is 5.10 Å². The molecular weight excluding hydrogens is 290 g/mol. The lowest BCUT2D eigenvalue weighted by atomic mass is 10.0. The zero-order chi connectivity index (χ0) is 16.2. The predicted molar refractivity (Wildman–Crippen MR) is 89.0 cm³/mol. The van der Waals surface area contributed by atoms with Gasteiger partial charge in [0.2, 0.25) is 0 Å². The Morgan fingerprint density at radius 1 is 0.957 bits per heavy atom. The molecule has 1 heterocycles. The zero-order valence-electron chi connectivity index (χ0n) is 12.6. The van der Waals surface area contributed by atoms with Crippen molar-refractivity contribution in [2.24, 2.45) is 5.73 Å². The van der Waals surface area contributed by atoms with Crippen molar-refractivity contribution in [3.05, 3.63) is 72.4 Å². The van der Waals surface area contributed by atoms with Gasteiger partial charge in [0.1, 0.15) is 6.10 Å². The summed E-state index contributed by atoms with van der Waals surface area (Å²) in [6.45, 7) is -0.0219. The van der Waals surface area contributed by atoms with Crippen molar-refractivity contribution in [1.82, 2.24) is 9.78 Å². The molecule has 0 bridgehead atoms. The van der Waals surface area contributed by atoms with Crippen molar-refractivity contribution in [1.29, 1.82) is 0 Å². The highest BCUT2D eigenvalue weighted by molar-refractivity contribution is 5.63. The third kappa shape index (κ3) is 3.17. The van der Waals surface area contributed by atoms with E-state index in [0.717, 1.165) is 11.3 Å². The van der Waals surface area contributed by atoms with E-state index < -0.39 is 12.2 Å². The van der Waals surface area contributed by atoms with E-state index in [-0.39, 0.29) is 6.54 Å². The molecule has 4 N–H and O–H groups in total. The van der Waals surface area contributed by atoms with E-state index in [4.69, 9.17) is 5.73 Å². The maximum absolute atomic E-state index is 10.4. The van der Waals surface area contributed by atoms with Crippen LogP contribution in [0.25, 0.3) is 16.9 Å². The quantitative estimate of drug-likeness (QED) is 0.672. The smallest absolute Gasteiger partial charge is 0.110 e. The van der Waals surface area contributed by atoms with Crippen LogP contribution in [-0.4, -0.2) is 32.6 Å². The Labute approximate surface area is 134 Å². The molecule has 5 heteroatoms. The first-order chi connectivity index (χ1) is 11.2. The summed E-state index contributed by atoms with van der Waals surface area (Å²) in [5.41, 5.74) is 8.42. The normalized spacial score (nSPS) is 13.7. The molecule has 2 aromatic carbocycles. The van der Waals surface area contributed by atoms with Gasteiger partial charge in [-0.3, -0.25) is 0 Å². The molecule has 1 aromatic heterocycles. The summed E-state index contributed by atoms with van der Waals surface area (Å²) in [6.07, 6.45) is -0.389. The molecule has 3 aromatic rings. The molecule has 0 saturated carbocycles. The van der Waals surface area contributed by atoms with Crippen LogP contribution in [0.3, 0.4) is 0 Å². The zero-order valence-corrected chi connectivity index (χ0v) is 12.6. The van der Waals surface area contributed by atoms with Crippen molar-refractivity contribution in [3.8, 4) is 16.9 Å². The molecule has 0 spiro atoms. The minimum absolute atomic E-state index is 0.0219. The largest absolute Gasteiger partial charge is 0.389 e. The van der Waals surface area contributed by atoms with E-state index in [1.165, 1.54) is 0 Å². The first kappa shape index (κ1) is 15.4. The van der Waals surface area contributed by atoms with Crippen molar-refractivity contribution in [2.75, 3.05) is 6.54 Å². The fraction of sp³-hybridized carbons (Fsp3) is 0.167. The van der Waals surface area contributed by atoms with Crippen molar-refractivity contribution in [2.45, 2.75) is 12.2 Å². The molecular formula is C18H19N3O2. The summed E-state index contributed by atoms with van der Waals surface area (Å²) in [4.78, 5) is 0. The highest BCUT2D eigenvalue weighted by Gasteiger charge is 2.24. The van der Waals surface area contributed by atoms with Crippen molar-refractivity contribution >= 4 is 0 Å². The van der Waals surface area contributed by atoms with Crippen molar-refractivity contribution in [3.63, 3.8) is 0 Å². The van der Waals surface area contributed by atoms with E-state index in [0.29, 0.717) is 11.3 Å². The van der Waals surface area contributed by atoms with Crippen molar-refractivity contribution < 1.29 is 10.2 Å². The highest BCUT2D eigenvalue weighted by Crippen LogP contribution is 2.29. The van der Waals surface area contributed by atoms with Crippen LogP contribution < -0.4 is 5.73 Å². The number of hydrogen-bond acceptors (Lipinski definition) is 4. The van der Waals surface area contributed by atoms with Gasteiger partial charge in [0, 0.05) is 23.9 Å². The summed E-state index contributed by atoms with van der Waals surface area (Å²) >= 11 is 0. The Kier molecular flexibility index (Phi) is 4.52. The molecule has 2 atom stereocenters. The number of para-hydroxylation sites is 1. The Hall–Kier alpha value is -2.47. The SMILES string of the molecule is NCC(O)C(O)c1cn(-c2ccccc2)nc1-c1ccccc1. The lowest BCUT2D eigenvalue weighted by Gasteiger charge is -2.15. The van der Waals surface area contributed by atoms with Crippen LogP contribution >= 0.6 is 0 Å². The Morgan fingerprint density at radius 2 is 1.57 bits per heavy atom. The first-order valence-electron chi connectivity index (χ1n) is 7.47. The van der Waals surface area contributed by atoms with Gasteiger partial charge in [0.15, 0.2) is 0 Å². The van der Waals surface area contributed by atoms with Gasteiger partial charge in [-0.15, -0.1) is 0 Å². The number of aromatic nitrogens is 2. The van der Waals surface area contributed by atoms with Gasteiger partial charge in [-0.2, -0.15) is 5.10 Å². The molecule has 0 radical (unpaired) electrons. The lowest BCUT2D eigenvalue weighted by molar-refractivity contribution is 0.0246. The van der Waals surface area contributed by atoms with Gasteiger partial charge in [-0.25, -0.2) is 4.68 Å². The van der Waals surface area contributed by atoms with E-state index in [1.807, 2.05) is 60.7 Å². The number of hydrogen-bond donors (Lipinski definition) is 3. The summed E-state index contributed by atoms with van der Waals surface area (Å²) in [5, 5.41) is 24.9. The van der Waals surface area contributed by atoms with Gasteiger partial charge in [-0.1, -0.05) is 48.5 Å². The van der Waals surface area contributed by atoms with Crippen LogP contribution in [0.1, 0.15) is 11.7 Å². The van der Waals surface area contributed by atoms with E-state index in [9.17, 15) is 10.2 Å². The standard InChI is InChI=1S/C18H19N3O2/c19-11-16(22)18(23)15-12-21(14-9-5-2-6-10-14)20-17(15)13-7-3-1-4-8-13/h1-10,12,16,18,22-23H,11,19H2. The minimum atomic E-state index is -1.09. The fourth-order valence-corrected chi connectivity index (χ4v) is 2.47. The molecule has 0 saturated heterocycles. The summed E-state index contributed by atoms with van der Waals surface area (Å²) in [6, 6.07) is 19.2. The number of nitrogens with zero attached hydrogens (tertiary/aromatic N) is 2. The van der Waals surface area contributed by atoms with Gasteiger partial charge < -0.3 is 15.9 Å². The fourth-order valence-electron chi connectivity index (χ4n) is 2.47. The van der Waals surface area contributed by atoms with E-state index >= 15 is 0 Å². The summed E-state index contributed by atoms with van der Waals surface area (Å²) < 4.78 is 1.70. The first-order valence-corrected chi connectivity index (χ1v) is 7.47. The van der Waals surface area contributed by atoms with E-state index in [1.54, 1.807) is 10.9 Å².